The molecule has 2 aromatic rings. The predicted molar refractivity (Wildman–Crippen MR) is 95.5 cm³/mol. The molecule has 0 aliphatic carbocycles. The quantitative estimate of drug-likeness (QED) is 0.786. The summed E-state index contributed by atoms with van der Waals surface area (Å²) in [6.07, 6.45) is -3.25. The highest BCUT2D eigenvalue weighted by molar-refractivity contribution is 5.70. The van der Waals surface area contributed by atoms with Crippen LogP contribution in [0, 0.1) is 0 Å². The number of alkyl halides is 3. The fraction of sp³-hybridized carbons (Fsp3) is 0.368. The molecule has 0 radical (unpaired) electrons. The molecule has 9 heteroatoms. The standard InChI is InChI=1S/C19H20F3N3O3/c1-24-9-2-10-25(12-11-24)18(26)28-16-6-4-15(5-7-16)27-17-8-3-14(13-23-17)19(20,21)22/h3-8,13H,2,9-12H2,1H3. The summed E-state index contributed by atoms with van der Waals surface area (Å²) in [6, 6.07) is 8.27. The van der Waals surface area contributed by atoms with E-state index in [0.29, 0.717) is 30.8 Å². The monoisotopic (exact) mass is 395 g/mol. The first-order valence-electron chi connectivity index (χ1n) is 8.78. The summed E-state index contributed by atoms with van der Waals surface area (Å²) in [5.74, 6) is 0.755. The fourth-order valence-corrected chi connectivity index (χ4v) is 2.70. The van der Waals surface area contributed by atoms with Gasteiger partial charge in [0.25, 0.3) is 0 Å². The van der Waals surface area contributed by atoms with Crippen LogP contribution in [-0.4, -0.2) is 54.1 Å². The number of likely N-dealkylation sites (N-methyl/N-ethyl adjacent to an activating group) is 1. The lowest BCUT2D eigenvalue weighted by Gasteiger charge is -2.19. The molecule has 150 valence electrons. The minimum absolute atomic E-state index is 0.0337. The van der Waals surface area contributed by atoms with Crippen LogP contribution >= 0.6 is 0 Å². The van der Waals surface area contributed by atoms with Gasteiger partial charge in [0.15, 0.2) is 0 Å². The van der Waals surface area contributed by atoms with Crippen LogP contribution in [0.5, 0.6) is 17.4 Å². The van der Waals surface area contributed by atoms with Crippen LogP contribution in [0.3, 0.4) is 0 Å². The van der Waals surface area contributed by atoms with E-state index < -0.39 is 17.8 Å². The first-order valence-corrected chi connectivity index (χ1v) is 8.78. The van der Waals surface area contributed by atoms with Gasteiger partial charge in [0.2, 0.25) is 5.88 Å². The summed E-state index contributed by atoms with van der Waals surface area (Å²) >= 11 is 0. The van der Waals surface area contributed by atoms with Crippen LogP contribution in [0.4, 0.5) is 18.0 Å². The lowest BCUT2D eigenvalue weighted by molar-refractivity contribution is -0.137. The number of benzene rings is 1. The van der Waals surface area contributed by atoms with E-state index in [2.05, 4.69) is 9.88 Å². The lowest BCUT2D eigenvalue weighted by Crippen LogP contribution is -2.36. The first kappa shape index (κ1) is 19.9. The van der Waals surface area contributed by atoms with Crippen molar-refractivity contribution in [3.8, 4) is 17.4 Å². The Morgan fingerprint density at radius 2 is 1.71 bits per heavy atom. The van der Waals surface area contributed by atoms with Gasteiger partial charge in [0.1, 0.15) is 11.5 Å². The Morgan fingerprint density at radius 3 is 2.36 bits per heavy atom. The van der Waals surface area contributed by atoms with E-state index in [0.717, 1.165) is 31.6 Å². The van der Waals surface area contributed by atoms with Crippen molar-refractivity contribution in [2.45, 2.75) is 12.6 Å². The molecule has 0 bridgehead atoms. The van der Waals surface area contributed by atoms with Gasteiger partial charge in [-0.1, -0.05) is 0 Å². The van der Waals surface area contributed by atoms with Crippen molar-refractivity contribution < 1.29 is 27.4 Å². The van der Waals surface area contributed by atoms with E-state index in [4.69, 9.17) is 9.47 Å². The summed E-state index contributed by atoms with van der Waals surface area (Å²) in [4.78, 5) is 19.7. The zero-order valence-electron chi connectivity index (χ0n) is 15.3. The second kappa shape index (κ2) is 8.47. The predicted octanol–water partition coefficient (Wildman–Crippen LogP) is 4.03. The van der Waals surface area contributed by atoms with Gasteiger partial charge in [-0.2, -0.15) is 13.2 Å². The minimum atomic E-state index is -4.44. The number of hydrogen-bond acceptors (Lipinski definition) is 5. The van der Waals surface area contributed by atoms with E-state index >= 15 is 0 Å². The van der Waals surface area contributed by atoms with Crippen molar-refractivity contribution in [2.24, 2.45) is 0 Å². The number of carbonyl (C=O) groups excluding carboxylic acids is 1. The maximum absolute atomic E-state index is 12.5. The van der Waals surface area contributed by atoms with Crippen LogP contribution in [0.15, 0.2) is 42.6 Å². The molecule has 6 nitrogen and oxygen atoms in total. The molecular weight excluding hydrogens is 375 g/mol. The number of amides is 1. The van der Waals surface area contributed by atoms with Crippen molar-refractivity contribution in [2.75, 3.05) is 33.2 Å². The molecule has 0 unspecified atom stereocenters. The third kappa shape index (κ3) is 5.35. The van der Waals surface area contributed by atoms with E-state index in [1.165, 1.54) is 0 Å². The van der Waals surface area contributed by atoms with Gasteiger partial charge < -0.3 is 19.3 Å². The number of pyridine rings is 1. The SMILES string of the molecule is CN1CCCN(C(=O)Oc2ccc(Oc3ccc(C(F)(F)F)cn3)cc2)CC1. The number of ether oxygens (including phenoxy) is 2. The molecule has 1 amide bonds. The number of halogens is 3. The fourth-order valence-electron chi connectivity index (χ4n) is 2.70. The average molecular weight is 395 g/mol. The van der Waals surface area contributed by atoms with E-state index in [1.807, 2.05) is 7.05 Å². The molecule has 28 heavy (non-hydrogen) atoms. The molecule has 1 aromatic carbocycles. The Labute approximate surface area is 160 Å². The summed E-state index contributed by atoms with van der Waals surface area (Å²) in [5.41, 5.74) is -0.846. The Bertz CT molecular complexity index is 795. The smallest absolute Gasteiger partial charge is 0.417 e. The van der Waals surface area contributed by atoms with Crippen molar-refractivity contribution in [3.05, 3.63) is 48.2 Å². The molecule has 0 N–H and O–H groups in total. The third-order valence-electron chi connectivity index (χ3n) is 4.29. The maximum atomic E-state index is 12.5. The Morgan fingerprint density at radius 1 is 1.00 bits per heavy atom. The zero-order chi connectivity index (χ0) is 20.1. The molecule has 1 aromatic heterocycles. The molecule has 0 spiro atoms. The van der Waals surface area contributed by atoms with Gasteiger partial charge in [-0.3, -0.25) is 0 Å². The Balaban J connectivity index is 1.56. The number of aromatic nitrogens is 1. The van der Waals surface area contributed by atoms with E-state index in [9.17, 15) is 18.0 Å². The number of nitrogens with zero attached hydrogens (tertiary/aromatic N) is 3. The van der Waals surface area contributed by atoms with Gasteiger partial charge in [0, 0.05) is 31.9 Å². The van der Waals surface area contributed by atoms with Crippen molar-refractivity contribution in [1.82, 2.24) is 14.8 Å². The van der Waals surface area contributed by atoms with Crippen molar-refractivity contribution >= 4 is 6.09 Å². The molecular formula is C19H20F3N3O3. The summed E-state index contributed by atoms with van der Waals surface area (Å²) in [6.45, 7) is 2.98. The normalized spacial score (nSPS) is 15.8. The van der Waals surface area contributed by atoms with Gasteiger partial charge in [-0.15, -0.1) is 0 Å². The van der Waals surface area contributed by atoms with Gasteiger partial charge in [-0.25, -0.2) is 9.78 Å². The Hall–Kier alpha value is -2.81. The van der Waals surface area contributed by atoms with Crippen LogP contribution in [-0.2, 0) is 6.18 Å². The highest BCUT2D eigenvalue weighted by Gasteiger charge is 2.30. The molecule has 1 fully saturated rings. The topological polar surface area (TPSA) is 54.9 Å². The summed E-state index contributed by atoms with van der Waals surface area (Å²) in [5, 5.41) is 0. The molecule has 2 heterocycles. The van der Waals surface area contributed by atoms with Crippen LogP contribution < -0.4 is 9.47 Å². The number of hydrogen-bond donors (Lipinski definition) is 0. The molecule has 0 atom stereocenters. The summed E-state index contributed by atoms with van der Waals surface area (Å²) in [7, 11) is 2.01. The maximum Gasteiger partial charge on any atom is 0.417 e. The number of carbonyl (C=O) groups is 1. The van der Waals surface area contributed by atoms with Gasteiger partial charge in [-0.05, 0) is 50.3 Å². The van der Waals surface area contributed by atoms with Crippen LogP contribution in [0.2, 0.25) is 0 Å². The molecule has 1 aliphatic heterocycles. The van der Waals surface area contributed by atoms with Gasteiger partial charge in [0.05, 0.1) is 5.56 Å². The number of rotatable bonds is 3. The second-order valence-corrected chi connectivity index (χ2v) is 6.47. The van der Waals surface area contributed by atoms with Crippen LogP contribution in [0.25, 0.3) is 0 Å². The highest BCUT2D eigenvalue weighted by Crippen LogP contribution is 2.30. The molecule has 1 aliphatic rings. The van der Waals surface area contributed by atoms with Crippen molar-refractivity contribution in [3.63, 3.8) is 0 Å². The minimum Gasteiger partial charge on any atom is -0.439 e. The van der Waals surface area contributed by atoms with Gasteiger partial charge >= 0.3 is 12.3 Å². The van der Waals surface area contributed by atoms with Crippen LogP contribution in [0.1, 0.15) is 12.0 Å². The van der Waals surface area contributed by atoms with E-state index in [-0.39, 0.29) is 5.88 Å². The second-order valence-electron chi connectivity index (χ2n) is 6.47. The largest absolute Gasteiger partial charge is 0.439 e. The van der Waals surface area contributed by atoms with E-state index in [1.54, 1.807) is 29.2 Å². The summed E-state index contributed by atoms with van der Waals surface area (Å²) < 4.78 is 48.4. The molecule has 3 rings (SSSR count). The molecule has 1 saturated heterocycles. The molecule has 0 saturated carbocycles. The zero-order valence-corrected chi connectivity index (χ0v) is 15.3. The Kier molecular flexibility index (Phi) is 6.03. The first-order chi connectivity index (χ1) is 13.3. The lowest BCUT2D eigenvalue weighted by atomic mass is 10.3. The average Bonchev–Trinajstić information content (AvgIpc) is 2.88. The third-order valence-corrected chi connectivity index (χ3v) is 4.29. The highest BCUT2D eigenvalue weighted by atomic mass is 19.4. The van der Waals surface area contributed by atoms with Crippen molar-refractivity contribution in [1.29, 1.82) is 0 Å².